The van der Waals surface area contributed by atoms with Gasteiger partial charge in [-0.3, -0.25) is 0 Å². The number of nitrogens with zero attached hydrogens (tertiary/aromatic N) is 1. The van der Waals surface area contributed by atoms with Gasteiger partial charge in [0.2, 0.25) is 10.0 Å². The molecule has 0 bridgehead atoms. The lowest BCUT2D eigenvalue weighted by Gasteiger charge is -2.05. The van der Waals surface area contributed by atoms with Crippen molar-refractivity contribution in [1.82, 2.24) is 4.83 Å². The molecule has 1 aromatic carbocycles. The topological polar surface area (TPSA) is 67.8 Å². The van der Waals surface area contributed by atoms with E-state index >= 15 is 0 Å². The molecule has 0 aliphatic carbocycles. The van der Waals surface area contributed by atoms with Crippen LogP contribution in [0.1, 0.15) is 102 Å². The maximum absolute atomic E-state index is 12.0. The number of ether oxygens (including phenoxy) is 1. The van der Waals surface area contributed by atoms with Gasteiger partial charge in [0, 0.05) is 5.56 Å². The van der Waals surface area contributed by atoms with E-state index in [2.05, 4.69) is 16.9 Å². The Morgan fingerprint density at radius 1 is 0.833 bits per heavy atom. The minimum Gasteiger partial charge on any atom is -0.496 e. The third kappa shape index (κ3) is 13.6. The first-order valence-corrected chi connectivity index (χ1v) is 13.4. The fourth-order valence-corrected chi connectivity index (χ4v) is 4.37. The van der Waals surface area contributed by atoms with Crippen molar-refractivity contribution in [3.8, 4) is 5.75 Å². The highest BCUT2D eigenvalue weighted by atomic mass is 32.2. The van der Waals surface area contributed by atoms with Gasteiger partial charge in [-0.25, -0.2) is 13.2 Å². The van der Waals surface area contributed by atoms with Crippen LogP contribution in [0.4, 0.5) is 0 Å². The summed E-state index contributed by atoms with van der Waals surface area (Å²) in [5.74, 6) is 0.779. The molecule has 30 heavy (non-hydrogen) atoms. The molecule has 5 nitrogen and oxygen atoms in total. The number of rotatable bonds is 19. The lowest BCUT2D eigenvalue weighted by Crippen LogP contribution is -2.21. The molecule has 172 valence electrons. The molecule has 1 aromatic rings. The van der Waals surface area contributed by atoms with E-state index in [9.17, 15) is 8.42 Å². The van der Waals surface area contributed by atoms with Gasteiger partial charge in [0.05, 0.1) is 19.1 Å². The van der Waals surface area contributed by atoms with Gasteiger partial charge in [0.15, 0.2) is 0 Å². The van der Waals surface area contributed by atoms with E-state index in [0.29, 0.717) is 12.2 Å². The average Bonchev–Trinajstić information content (AvgIpc) is 2.74. The van der Waals surface area contributed by atoms with Gasteiger partial charge in [-0.15, -0.1) is 0 Å². The lowest BCUT2D eigenvalue weighted by molar-refractivity contribution is 0.414. The van der Waals surface area contributed by atoms with Gasteiger partial charge in [0.25, 0.3) is 0 Å². The average molecular weight is 439 g/mol. The van der Waals surface area contributed by atoms with Crippen LogP contribution in [0.3, 0.4) is 0 Å². The quantitative estimate of drug-likeness (QED) is 0.154. The van der Waals surface area contributed by atoms with Crippen LogP contribution >= 0.6 is 0 Å². The maximum Gasteiger partial charge on any atom is 0.247 e. The molecule has 0 aliphatic rings. The van der Waals surface area contributed by atoms with E-state index in [0.717, 1.165) is 18.4 Å². The normalized spacial score (nSPS) is 11.8. The Labute approximate surface area is 184 Å². The molecule has 0 heterocycles. The largest absolute Gasteiger partial charge is 0.496 e. The number of unbranched alkanes of at least 4 members (excludes halogenated alkanes) is 13. The SMILES string of the molecule is CCCCCCCCCCCCCCCCS(=O)(=O)N/N=C/c1ccccc1OC. The second-order valence-electron chi connectivity index (χ2n) is 8.01. The van der Waals surface area contributed by atoms with Crippen LogP contribution in [0.15, 0.2) is 29.4 Å². The Morgan fingerprint density at radius 3 is 1.87 bits per heavy atom. The number of methoxy groups -OCH3 is 1. The molecule has 6 heteroatoms. The zero-order valence-electron chi connectivity index (χ0n) is 19.1. The monoisotopic (exact) mass is 438 g/mol. The van der Waals surface area contributed by atoms with E-state index in [1.165, 1.54) is 76.8 Å². The second kappa shape index (κ2) is 17.2. The zero-order valence-corrected chi connectivity index (χ0v) is 19.9. The van der Waals surface area contributed by atoms with Crippen molar-refractivity contribution in [2.24, 2.45) is 5.10 Å². The molecule has 1 rings (SSSR count). The van der Waals surface area contributed by atoms with Crippen LogP contribution in [0.5, 0.6) is 5.75 Å². The highest BCUT2D eigenvalue weighted by Gasteiger charge is 2.08. The summed E-state index contributed by atoms with van der Waals surface area (Å²) in [7, 11) is -1.80. The maximum atomic E-state index is 12.0. The van der Waals surface area contributed by atoms with E-state index in [1.54, 1.807) is 7.11 Å². The van der Waals surface area contributed by atoms with Crippen LogP contribution in [0.2, 0.25) is 0 Å². The fourth-order valence-electron chi connectivity index (χ4n) is 3.48. The summed E-state index contributed by atoms with van der Waals surface area (Å²) in [6.45, 7) is 2.26. The van der Waals surface area contributed by atoms with E-state index in [1.807, 2.05) is 24.3 Å². The molecule has 0 saturated carbocycles. The summed E-state index contributed by atoms with van der Waals surface area (Å²) in [6, 6.07) is 7.34. The summed E-state index contributed by atoms with van der Waals surface area (Å²) >= 11 is 0. The Hall–Kier alpha value is -1.56. The van der Waals surface area contributed by atoms with Crippen molar-refractivity contribution in [3.05, 3.63) is 29.8 Å². The van der Waals surface area contributed by atoms with Crippen molar-refractivity contribution in [1.29, 1.82) is 0 Å². The molecule has 1 N–H and O–H groups in total. The number of para-hydroxylation sites is 1. The molecular formula is C24H42N2O3S. The van der Waals surface area contributed by atoms with Crippen molar-refractivity contribution in [2.45, 2.75) is 96.8 Å². The lowest BCUT2D eigenvalue weighted by atomic mass is 10.0. The third-order valence-corrected chi connectivity index (χ3v) is 6.51. The number of sulfonamides is 1. The molecule has 0 amide bonds. The molecule has 0 unspecified atom stereocenters. The van der Waals surface area contributed by atoms with E-state index < -0.39 is 10.0 Å². The predicted molar refractivity (Wildman–Crippen MR) is 128 cm³/mol. The molecule has 0 atom stereocenters. The van der Waals surface area contributed by atoms with Crippen LogP contribution < -0.4 is 9.57 Å². The minimum atomic E-state index is -3.38. The fraction of sp³-hybridized carbons (Fsp3) is 0.708. The van der Waals surface area contributed by atoms with E-state index in [-0.39, 0.29) is 5.75 Å². The zero-order chi connectivity index (χ0) is 21.9. The summed E-state index contributed by atoms with van der Waals surface area (Å²) in [5.41, 5.74) is 0.735. The van der Waals surface area contributed by atoms with E-state index in [4.69, 9.17) is 4.74 Å². The third-order valence-electron chi connectivity index (χ3n) is 5.30. The van der Waals surface area contributed by atoms with Gasteiger partial charge in [-0.2, -0.15) is 5.10 Å². The van der Waals surface area contributed by atoms with Crippen molar-refractivity contribution < 1.29 is 13.2 Å². The van der Waals surface area contributed by atoms with Crippen LogP contribution in [-0.4, -0.2) is 27.5 Å². The van der Waals surface area contributed by atoms with Gasteiger partial charge in [0.1, 0.15) is 5.75 Å². The van der Waals surface area contributed by atoms with Crippen LogP contribution in [0.25, 0.3) is 0 Å². The van der Waals surface area contributed by atoms with Gasteiger partial charge in [-0.05, 0) is 18.6 Å². The number of hydrazone groups is 1. The molecule has 0 radical (unpaired) electrons. The molecule has 0 aliphatic heterocycles. The van der Waals surface area contributed by atoms with Crippen molar-refractivity contribution in [3.63, 3.8) is 0 Å². The highest BCUT2D eigenvalue weighted by molar-refractivity contribution is 7.89. The summed E-state index contributed by atoms with van der Waals surface area (Å²) in [5, 5.41) is 3.86. The first-order valence-electron chi connectivity index (χ1n) is 11.7. The number of hydrogen-bond acceptors (Lipinski definition) is 4. The molecule has 0 fully saturated rings. The Bertz CT molecular complexity index is 675. The second-order valence-corrected chi connectivity index (χ2v) is 9.83. The van der Waals surface area contributed by atoms with Gasteiger partial charge >= 0.3 is 0 Å². The van der Waals surface area contributed by atoms with Crippen molar-refractivity contribution in [2.75, 3.05) is 12.9 Å². The highest BCUT2D eigenvalue weighted by Crippen LogP contribution is 2.15. The predicted octanol–water partition coefficient (Wildman–Crippen LogP) is 6.43. The number of hydrogen-bond donors (Lipinski definition) is 1. The number of benzene rings is 1. The molecule has 0 spiro atoms. The first kappa shape index (κ1) is 26.5. The van der Waals surface area contributed by atoms with Crippen molar-refractivity contribution >= 4 is 16.2 Å². The van der Waals surface area contributed by atoms with Gasteiger partial charge < -0.3 is 4.74 Å². The Kier molecular flexibility index (Phi) is 15.1. The number of nitrogens with one attached hydrogen (secondary N) is 1. The van der Waals surface area contributed by atoms with Crippen LogP contribution in [-0.2, 0) is 10.0 Å². The summed E-state index contributed by atoms with van der Waals surface area (Å²) in [4.78, 5) is 2.29. The first-order chi connectivity index (χ1) is 14.6. The Balaban J connectivity index is 2.01. The standard InChI is InChI=1S/C24H42N2O3S/c1-3-4-5-6-7-8-9-10-11-12-13-14-15-18-21-30(27,28)26-25-22-23-19-16-17-20-24(23)29-2/h16-17,19-20,22,26H,3-15,18,21H2,1-2H3/b25-22+. The van der Waals surface area contributed by atoms with Gasteiger partial charge in [-0.1, -0.05) is 103 Å². The van der Waals surface area contributed by atoms with Crippen LogP contribution in [0, 0.1) is 0 Å². The summed E-state index contributed by atoms with van der Waals surface area (Å²) < 4.78 is 29.3. The minimum absolute atomic E-state index is 0.119. The smallest absolute Gasteiger partial charge is 0.247 e. The Morgan fingerprint density at radius 2 is 1.33 bits per heavy atom. The molecular weight excluding hydrogens is 396 g/mol. The summed E-state index contributed by atoms with van der Waals surface area (Å²) in [6.07, 6.45) is 19.0. The molecule has 0 saturated heterocycles. The molecule has 0 aromatic heterocycles.